The van der Waals surface area contributed by atoms with E-state index in [4.69, 9.17) is 11.6 Å². The van der Waals surface area contributed by atoms with Crippen molar-refractivity contribution < 1.29 is 0 Å². The van der Waals surface area contributed by atoms with E-state index in [2.05, 4.69) is 83.8 Å². The van der Waals surface area contributed by atoms with Crippen LogP contribution in [0.5, 0.6) is 0 Å². The van der Waals surface area contributed by atoms with Gasteiger partial charge in [-0.3, -0.25) is 4.90 Å². The van der Waals surface area contributed by atoms with E-state index < -0.39 is 5.41 Å². The molecule has 2 nitrogen and oxygen atoms in total. The summed E-state index contributed by atoms with van der Waals surface area (Å²) < 4.78 is 0. The third-order valence-electron chi connectivity index (χ3n) is 6.90. The lowest BCUT2D eigenvalue weighted by atomic mass is 9.61. The van der Waals surface area contributed by atoms with Crippen LogP contribution >= 0.6 is 11.6 Å². The van der Waals surface area contributed by atoms with Gasteiger partial charge >= 0.3 is 0 Å². The van der Waals surface area contributed by atoms with E-state index in [0.717, 1.165) is 55.9 Å². The SMILES string of the molecule is N#CC(CCCN(Cc1ccccc1)Cc1ccccc1)(c1ccc(Cl)cc1)C1CCC1. The number of benzene rings is 3. The minimum atomic E-state index is -0.409. The number of nitriles is 1. The summed E-state index contributed by atoms with van der Waals surface area (Å²) in [5.74, 6) is 0.449. The van der Waals surface area contributed by atoms with Crippen molar-refractivity contribution in [2.24, 2.45) is 5.92 Å². The molecule has 0 saturated heterocycles. The van der Waals surface area contributed by atoms with Gasteiger partial charge in [-0.1, -0.05) is 90.8 Å². The molecule has 1 aliphatic rings. The predicted molar refractivity (Wildman–Crippen MR) is 132 cm³/mol. The molecule has 1 fully saturated rings. The van der Waals surface area contributed by atoms with Gasteiger partial charge in [-0.25, -0.2) is 0 Å². The predicted octanol–water partition coefficient (Wildman–Crippen LogP) is 7.38. The first-order valence-corrected chi connectivity index (χ1v) is 12.0. The van der Waals surface area contributed by atoms with Gasteiger partial charge in [0.05, 0.1) is 11.5 Å². The van der Waals surface area contributed by atoms with Crippen molar-refractivity contribution in [1.82, 2.24) is 4.90 Å². The van der Waals surface area contributed by atoms with E-state index in [0.29, 0.717) is 5.92 Å². The van der Waals surface area contributed by atoms with Gasteiger partial charge in [0.1, 0.15) is 0 Å². The summed E-state index contributed by atoms with van der Waals surface area (Å²) in [5, 5.41) is 11.1. The number of rotatable bonds is 10. The van der Waals surface area contributed by atoms with Crippen LogP contribution in [0.15, 0.2) is 84.9 Å². The molecular formula is C29H31ClN2. The Bertz CT molecular complexity index is 965. The molecule has 1 unspecified atom stereocenters. The van der Waals surface area contributed by atoms with Crippen LogP contribution in [0.25, 0.3) is 0 Å². The standard InChI is InChI=1S/C29H31ClN2/c30-28-17-15-27(16-18-28)29(23-31,26-13-7-14-26)19-8-20-32(21-24-9-3-1-4-10-24)22-25-11-5-2-6-12-25/h1-6,9-12,15-18,26H,7-8,13-14,19-22H2. The largest absolute Gasteiger partial charge is 0.295 e. The summed E-state index contributed by atoms with van der Waals surface area (Å²) in [4.78, 5) is 2.51. The molecule has 4 rings (SSSR count). The van der Waals surface area contributed by atoms with Crippen LogP contribution in [0.4, 0.5) is 0 Å². The van der Waals surface area contributed by atoms with Crippen molar-refractivity contribution in [3.8, 4) is 6.07 Å². The Balaban J connectivity index is 1.49. The zero-order valence-corrected chi connectivity index (χ0v) is 19.3. The smallest absolute Gasteiger partial charge is 0.0850 e. The van der Waals surface area contributed by atoms with Gasteiger partial charge in [0.15, 0.2) is 0 Å². The highest BCUT2D eigenvalue weighted by Crippen LogP contribution is 2.47. The van der Waals surface area contributed by atoms with Gasteiger partial charge in [0, 0.05) is 18.1 Å². The van der Waals surface area contributed by atoms with Crippen LogP contribution in [-0.2, 0) is 18.5 Å². The van der Waals surface area contributed by atoms with Crippen LogP contribution in [0.3, 0.4) is 0 Å². The molecule has 0 aliphatic heterocycles. The molecule has 3 heteroatoms. The average molecular weight is 443 g/mol. The highest BCUT2D eigenvalue weighted by atomic mass is 35.5. The Morgan fingerprint density at radius 3 is 1.88 bits per heavy atom. The Morgan fingerprint density at radius 1 is 0.844 bits per heavy atom. The molecular weight excluding hydrogens is 412 g/mol. The first-order chi connectivity index (χ1) is 15.7. The topological polar surface area (TPSA) is 27.0 Å². The van der Waals surface area contributed by atoms with Crippen molar-refractivity contribution >= 4 is 11.6 Å². The van der Waals surface area contributed by atoms with E-state index in [-0.39, 0.29) is 0 Å². The monoisotopic (exact) mass is 442 g/mol. The lowest BCUT2D eigenvalue weighted by Crippen LogP contribution is -2.39. The molecule has 0 heterocycles. The summed E-state index contributed by atoms with van der Waals surface area (Å²) in [6, 6.07) is 32.1. The Labute approximate surface area is 197 Å². The molecule has 0 spiro atoms. The van der Waals surface area contributed by atoms with Crippen molar-refractivity contribution in [3.63, 3.8) is 0 Å². The molecule has 164 valence electrons. The normalized spacial score (nSPS) is 15.7. The van der Waals surface area contributed by atoms with Crippen molar-refractivity contribution in [2.75, 3.05) is 6.54 Å². The maximum absolute atomic E-state index is 10.4. The molecule has 1 saturated carbocycles. The van der Waals surface area contributed by atoms with E-state index in [1.54, 1.807) is 0 Å². The number of nitrogens with zero attached hydrogens (tertiary/aromatic N) is 2. The molecule has 3 aromatic rings. The summed E-state index contributed by atoms with van der Waals surface area (Å²) in [5.41, 5.74) is 3.37. The Kier molecular flexibility index (Phi) is 7.63. The van der Waals surface area contributed by atoms with Crippen LogP contribution in [0, 0.1) is 17.2 Å². The van der Waals surface area contributed by atoms with Gasteiger partial charge in [0.25, 0.3) is 0 Å². The second kappa shape index (κ2) is 10.8. The van der Waals surface area contributed by atoms with Crippen LogP contribution < -0.4 is 0 Å². The maximum Gasteiger partial charge on any atom is 0.0850 e. The van der Waals surface area contributed by atoms with E-state index in [1.807, 2.05) is 12.1 Å². The summed E-state index contributed by atoms with van der Waals surface area (Å²) in [7, 11) is 0. The molecule has 0 bridgehead atoms. The Morgan fingerprint density at radius 2 is 1.41 bits per heavy atom. The van der Waals surface area contributed by atoms with E-state index >= 15 is 0 Å². The van der Waals surface area contributed by atoms with E-state index in [1.165, 1.54) is 17.5 Å². The minimum absolute atomic E-state index is 0.409. The summed E-state index contributed by atoms with van der Waals surface area (Å²) >= 11 is 6.14. The molecule has 0 amide bonds. The van der Waals surface area contributed by atoms with Gasteiger partial charge in [0.2, 0.25) is 0 Å². The fraction of sp³-hybridized carbons (Fsp3) is 0.345. The number of halogens is 1. The second-order valence-corrected chi connectivity index (χ2v) is 9.44. The molecule has 0 radical (unpaired) electrons. The average Bonchev–Trinajstić information content (AvgIpc) is 2.79. The van der Waals surface area contributed by atoms with Gasteiger partial charge in [-0.15, -0.1) is 0 Å². The van der Waals surface area contributed by atoms with Crippen molar-refractivity contribution in [1.29, 1.82) is 5.26 Å². The molecule has 3 aromatic carbocycles. The maximum atomic E-state index is 10.4. The molecule has 1 aliphatic carbocycles. The highest BCUT2D eigenvalue weighted by molar-refractivity contribution is 6.30. The van der Waals surface area contributed by atoms with Gasteiger partial charge < -0.3 is 0 Å². The first kappa shape index (κ1) is 22.6. The van der Waals surface area contributed by atoms with Gasteiger partial charge in [-0.2, -0.15) is 5.26 Å². The van der Waals surface area contributed by atoms with Crippen molar-refractivity contribution in [3.05, 3.63) is 107 Å². The quantitative estimate of drug-likeness (QED) is 0.327. The molecule has 1 atom stereocenters. The van der Waals surface area contributed by atoms with E-state index in [9.17, 15) is 5.26 Å². The van der Waals surface area contributed by atoms with Crippen molar-refractivity contribution in [2.45, 2.75) is 50.6 Å². The van der Waals surface area contributed by atoms with Crippen LogP contribution in [0.2, 0.25) is 5.02 Å². The fourth-order valence-electron chi connectivity index (χ4n) is 4.92. The molecule has 32 heavy (non-hydrogen) atoms. The lowest BCUT2D eigenvalue weighted by molar-refractivity contribution is 0.181. The van der Waals surface area contributed by atoms with Crippen LogP contribution in [-0.4, -0.2) is 11.4 Å². The zero-order valence-electron chi connectivity index (χ0n) is 18.6. The molecule has 0 N–H and O–H groups in total. The summed E-state index contributed by atoms with van der Waals surface area (Å²) in [6.45, 7) is 2.80. The summed E-state index contributed by atoms with van der Waals surface area (Å²) in [6.07, 6.45) is 5.40. The molecule has 0 aromatic heterocycles. The fourth-order valence-corrected chi connectivity index (χ4v) is 5.05. The minimum Gasteiger partial charge on any atom is -0.295 e. The number of hydrogen-bond donors (Lipinski definition) is 0. The zero-order chi connectivity index (χ0) is 22.2. The number of hydrogen-bond acceptors (Lipinski definition) is 2. The highest BCUT2D eigenvalue weighted by Gasteiger charge is 2.43. The van der Waals surface area contributed by atoms with Crippen LogP contribution in [0.1, 0.15) is 48.8 Å². The third kappa shape index (κ3) is 5.41. The Hall–Kier alpha value is -2.60. The lowest BCUT2D eigenvalue weighted by Gasteiger charge is -2.41. The first-order valence-electron chi connectivity index (χ1n) is 11.7. The second-order valence-electron chi connectivity index (χ2n) is 9.00. The third-order valence-corrected chi connectivity index (χ3v) is 7.16. The van der Waals surface area contributed by atoms with Gasteiger partial charge in [-0.05, 0) is 67.0 Å².